The quantitative estimate of drug-likeness (QED) is 0.760. The van der Waals surface area contributed by atoms with Gasteiger partial charge >= 0.3 is 5.97 Å². The maximum atomic E-state index is 13.8. The third kappa shape index (κ3) is 3.43. The van der Waals surface area contributed by atoms with Gasteiger partial charge in [-0.1, -0.05) is 6.07 Å². The van der Waals surface area contributed by atoms with Gasteiger partial charge in [0.2, 0.25) is 0 Å². The number of para-hydroxylation sites is 1. The van der Waals surface area contributed by atoms with E-state index in [-0.39, 0.29) is 11.3 Å². The molecule has 0 aromatic heterocycles. The van der Waals surface area contributed by atoms with E-state index in [2.05, 4.69) is 0 Å². The lowest BCUT2D eigenvalue weighted by Crippen LogP contribution is -2.29. The van der Waals surface area contributed by atoms with Crippen molar-refractivity contribution in [3.8, 4) is 0 Å². The summed E-state index contributed by atoms with van der Waals surface area (Å²) in [5, 5.41) is 9.08. The van der Waals surface area contributed by atoms with Crippen LogP contribution in [0.1, 0.15) is 24.2 Å². The van der Waals surface area contributed by atoms with E-state index in [4.69, 9.17) is 9.84 Å². The second-order valence-corrected chi connectivity index (χ2v) is 3.72. The molecular formula is C13H18FNO3. The van der Waals surface area contributed by atoms with Crippen LogP contribution in [0.15, 0.2) is 18.2 Å². The molecule has 100 valence electrons. The molecule has 0 unspecified atom stereocenters. The van der Waals surface area contributed by atoms with Gasteiger partial charge in [-0.15, -0.1) is 0 Å². The molecule has 1 rings (SSSR count). The number of hydrogen-bond acceptors (Lipinski definition) is 3. The molecule has 0 saturated carbocycles. The lowest BCUT2D eigenvalue weighted by atomic mass is 10.1. The summed E-state index contributed by atoms with van der Waals surface area (Å²) in [4.78, 5) is 12.8. The molecule has 1 aromatic rings. The fraction of sp³-hybridized carbons (Fsp3) is 0.462. The number of carboxylic acids is 1. The van der Waals surface area contributed by atoms with Crippen LogP contribution < -0.4 is 4.90 Å². The molecule has 0 aliphatic heterocycles. The first-order chi connectivity index (χ1) is 8.61. The van der Waals surface area contributed by atoms with E-state index in [1.165, 1.54) is 18.2 Å². The van der Waals surface area contributed by atoms with Crippen molar-refractivity contribution in [1.29, 1.82) is 0 Å². The van der Waals surface area contributed by atoms with Crippen LogP contribution in [0.4, 0.5) is 10.1 Å². The average Bonchev–Trinajstić information content (AvgIpc) is 2.35. The van der Waals surface area contributed by atoms with Crippen LogP contribution >= 0.6 is 0 Å². The summed E-state index contributed by atoms with van der Waals surface area (Å²) in [7, 11) is 0. The van der Waals surface area contributed by atoms with Gasteiger partial charge in [0.15, 0.2) is 0 Å². The normalized spacial score (nSPS) is 10.4. The Bertz CT molecular complexity index is 409. The fourth-order valence-corrected chi connectivity index (χ4v) is 1.76. The first-order valence-corrected chi connectivity index (χ1v) is 5.96. The summed E-state index contributed by atoms with van der Waals surface area (Å²) in [5.74, 6) is -1.65. The number of likely N-dealkylation sites (N-methyl/N-ethyl adjacent to an activating group) is 1. The maximum absolute atomic E-state index is 13.8. The molecule has 0 aliphatic carbocycles. The van der Waals surface area contributed by atoms with Crippen LogP contribution in [-0.4, -0.2) is 37.4 Å². The summed E-state index contributed by atoms with van der Waals surface area (Å²) >= 11 is 0. The highest BCUT2D eigenvalue weighted by atomic mass is 19.1. The van der Waals surface area contributed by atoms with Crippen molar-refractivity contribution in [1.82, 2.24) is 0 Å². The van der Waals surface area contributed by atoms with Crippen LogP contribution in [0.2, 0.25) is 0 Å². The topological polar surface area (TPSA) is 49.8 Å². The monoisotopic (exact) mass is 255 g/mol. The first kappa shape index (κ1) is 14.4. The van der Waals surface area contributed by atoms with E-state index in [1.807, 2.05) is 13.8 Å². The van der Waals surface area contributed by atoms with Gasteiger partial charge in [0.05, 0.1) is 17.9 Å². The van der Waals surface area contributed by atoms with E-state index in [9.17, 15) is 9.18 Å². The number of benzene rings is 1. The Morgan fingerprint density at radius 2 is 2.17 bits per heavy atom. The van der Waals surface area contributed by atoms with E-state index in [1.54, 1.807) is 4.90 Å². The average molecular weight is 255 g/mol. The van der Waals surface area contributed by atoms with Crippen molar-refractivity contribution in [2.24, 2.45) is 0 Å². The molecule has 0 aliphatic rings. The predicted octanol–water partition coefficient (Wildman–Crippen LogP) is 2.39. The Kier molecular flexibility index (Phi) is 5.58. The van der Waals surface area contributed by atoms with Crippen LogP contribution in [0.25, 0.3) is 0 Å². The number of carbonyl (C=O) groups is 1. The smallest absolute Gasteiger partial charge is 0.337 e. The van der Waals surface area contributed by atoms with E-state index in [0.717, 1.165) is 0 Å². The highest BCUT2D eigenvalue weighted by Gasteiger charge is 2.18. The minimum Gasteiger partial charge on any atom is -0.478 e. The molecule has 0 bridgehead atoms. The van der Waals surface area contributed by atoms with E-state index < -0.39 is 11.8 Å². The molecule has 5 heteroatoms. The SMILES string of the molecule is CCOCCN(CC)c1c(F)cccc1C(=O)O. The number of hydrogen-bond donors (Lipinski definition) is 1. The molecule has 0 heterocycles. The third-order valence-electron chi connectivity index (χ3n) is 2.62. The van der Waals surface area contributed by atoms with Gasteiger partial charge in [-0.25, -0.2) is 9.18 Å². The summed E-state index contributed by atoms with van der Waals surface area (Å²) in [5.41, 5.74) is 0.112. The zero-order chi connectivity index (χ0) is 13.5. The minimum absolute atomic E-state index is 0.0200. The molecule has 0 fully saturated rings. The molecule has 0 radical (unpaired) electrons. The van der Waals surface area contributed by atoms with Gasteiger partial charge in [-0.3, -0.25) is 0 Å². The molecule has 0 amide bonds. The van der Waals surface area contributed by atoms with Crippen molar-refractivity contribution in [2.45, 2.75) is 13.8 Å². The molecular weight excluding hydrogens is 237 g/mol. The maximum Gasteiger partial charge on any atom is 0.337 e. The number of carboxylic acid groups (broad SMARTS) is 1. The van der Waals surface area contributed by atoms with Crippen molar-refractivity contribution < 1.29 is 19.0 Å². The van der Waals surface area contributed by atoms with Gasteiger partial charge in [-0.2, -0.15) is 0 Å². The molecule has 1 aromatic carbocycles. The fourth-order valence-electron chi connectivity index (χ4n) is 1.76. The number of aromatic carboxylic acids is 1. The molecule has 4 nitrogen and oxygen atoms in total. The lowest BCUT2D eigenvalue weighted by Gasteiger charge is -2.25. The Balaban J connectivity index is 3.00. The summed E-state index contributed by atoms with van der Waals surface area (Å²) in [6.45, 7) is 5.74. The molecule has 0 atom stereocenters. The van der Waals surface area contributed by atoms with Crippen molar-refractivity contribution in [3.63, 3.8) is 0 Å². The second-order valence-electron chi connectivity index (χ2n) is 3.72. The van der Waals surface area contributed by atoms with Crippen molar-refractivity contribution in [3.05, 3.63) is 29.6 Å². The highest BCUT2D eigenvalue weighted by molar-refractivity contribution is 5.94. The number of ether oxygens (including phenoxy) is 1. The predicted molar refractivity (Wildman–Crippen MR) is 67.7 cm³/mol. The largest absolute Gasteiger partial charge is 0.478 e. The Hall–Kier alpha value is -1.62. The molecule has 1 N–H and O–H groups in total. The Morgan fingerprint density at radius 3 is 2.72 bits per heavy atom. The van der Waals surface area contributed by atoms with Gasteiger partial charge in [0.25, 0.3) is 0 Å². The Labute approximate surface area is 106 Å². The van der Waals surface area contributed by atoms with Crippen LogP contribution in [0.3, 0.4) is 0 Å². The number of rotatable bonds is 7. The van der Waals surface area contributed by atoms with Gasteiger partial charge in [-0.05, 0) is 26.0 Å². The van der Waals surface area contributed by atoms with Crippen LogP contribution in [0.5, 0.6) is 0 Å². The molecule has 0 saturated heterocycles. The third-order valence-corrected chi connectivity index (χ3v) is 2.62. The summed E-state index contributed by atoms with van der Waals surface area (Å²) < 4.78 is 19.0. The van der Waals surface area contributed by atoms with E-state index in [0.29, 0.717) is 26.3 Å². The molecule has 18 heavy (non-hydrogen) atoms. The van der Waals surface area contributed by atoms with Crippen molar-refractivity contribution >= 4 is 11.7 Å². The highest BCUT2D eigenvalue weighted by Crippen LogP contribution is 2.24. The first-order valence-electron chi connectivity index (χ1n) is 5.96. The Morgan fingerprint density at radius 1 is 1.44 bits per heavy atom. The number of nitrogens with zero attached hydrogens (tertiary/aromatic N) is 1. The zero-order valence-corrected chi connectivity index (χ0v) is 10.6. The second kappa shape index (κ2) is 6.96. The summed E-state index contributed by atoms with van der Waals surface area (Å²) in [6.07, 6.45) is 0. The van der Waals surface area contributed by atoms with Gasteiger partial charge < -0.3 is 14.7 Å². The van der Waals surface area contributed by atoms with Crippen LogP contribution in [-0.2, 0) is 4.74 Å². The number of halogens is 1. The van der Waals surface area contributed by atoms with Crippen LogP contribution in [0, 0.1) is 5.82 Å². The van der Waals surface area contributed by atoms with Crippen molar-refractivity contribution in [2.75, 3.05) is 31.2 Å². The summed E-state index contributed by atoms with van der Waals surface area (Å²) in [6, 6.07) is 4.08. The zero-order valence-electron chi connectivity index (χ0n) is 10.6. The lowest BCUT2D eigenvalue weighted by molar-refractivity contribution is 0.0696. The standard InChI is InChI=1S/C13H18FNO3/c1-3-15(8-9-18-4-2)12-10(13(16)17)6-5-7-11(12)14/h5-7H,3-4,8-9H2,1-2H3,(H,16,17). The van der Waals surface area contributed by atoms with Gasteiger partial charge in [0.1, 0.15) is 5.82 Å². The minimum atomic E-state index is -1.13. The molecule has 0 spiro atoms. The number of anilines is 1. The van der Waals surface area contributed by atoms with E-state index >= 15 is 0 Å². The van der Waals surface area contributed by atoms with Gasteiger partial charge in [0, 0.05) is 19.7 Å².